The van der Waals surface area contributed by atoms with Crippen LogP contribution in [0.3, 0.4) is 0 Å². The van der Waals surface area contributed by atoms with Crippen molar-refractivity contribution in [2.75, 3.05) is 7.05 Å². The Morgan fingerprint density at radius 2 is 1.85 bits per heavy atom. The number of carbonyl (C=O) groups is 2. The van der Waals surface area contributed by atoms with Crippen LogP contribution in [-0.2, 0) is 11.3 Å². The zero-order valence-corrected chi connectivity index (χ0v) is 15.3. The Labute approximate surface area is 154 Å². The van der Waals surface area contributed by atoms with E-state index in [1.807, 2.05) is 55.5 Å². The molecule has 0 aliphatic heterocycles. The molecule has 0 atom stereocenters. The highest BCUT2D eigenvalue weighted by molar-refractivity contribution is 7.18. The van der Waals surface area contributed by atoms with Gasteiger partial charge in [-0.25, -0.2) is 4.98 Å². The summed E-state index contributed by atoms with van der Waals surface area (Å²) in [5, 5.41) is 1.59. The van der Waals surface area contributed by atoms with E-state index in [0.717, 1.165) is 26.1 Å². The number of fused-ring (bicyclic) bond motifs is 2. The maximum Gasteiger partial charge on any atom is 0.295 e. The van der Waals surface area contributed by atoms with Crippen molar-refractivity contribution in [1.29, 1.82) is 0 Å². The summed E-state index contributed by atoms with van der Waals surface area (Å²) in [5.74, 6) is -1.03. The summed E-state index contributed by atoms with van der Waals surface area (Å²) in [6.07, 6.45) is 0. The summed E-state index contributed by atoms with van der Waals surface area (Å²) in [6, 6.07) is 15.3. The molecule has 1 N–H and O–H groups in total. The third-order valence-corrected chi connectivity index (χ3v) is 5.39. The van der Waals surface area contributed by atoms with Crippen molar-refractivity contribution < 1.29 is 9.59 Å². The molecule has 2 aromatic heterocycles. The largest absolute Gasteiger partial charge is 0.358 e. The van der Waals surface area contributed by atoms with Gasteiger partial charge in [0.2, 0.25) is 0 Å². The van der Waals surface area contributed by atoms with Crippen molar-refractivity contribution in [2.45, 2.75) is 13.5 Å². The molecule has 0 fully saturated rings. The number of ketones is 1. The van der Waals surface area contributed by atoms with E-state index >= 15 is 0 Å². The Bertz CT molecular complexity index is 1110. The van der Waals surface area contributed by atoms with Crippen molar-refractivity contribution in [3.63, 3.8) is 0 Å². The topological polar surface area (TPSA) is 66.1 Å². The minimum Gasteiger partial charge on any atom is -0.358 e. The number of thiazole rings is 1. The number of hydrogen-bond acceptors (Lipinski definition) is 4. The molecule has 0 unspecified atom stereocenters. The molecule has 2 aromatic carbocycles. The fourth-order valence-electron chi connectivity index (χ4n) is 3.11. The van der Waals surface area contributed by atoms with Gasteiger partial charge < -0.3 is 9.88 Å². The summed E-state index contributed by atoms with van der Waals surface area (Å²) < 4.78 is 1.07. The minimum atomic E-state index is -0.530. The molecule has 2 heterocycles. The number of likely N-dealkylation sites (N-methyl/N-ethyl adjacent to an activating group) is 1. The smallest absolute Gasteiger partial charge is 0.295 e. The second-order valence-electron chi connectivity index (χ2n) is 6.24. The molecular weight excluding hydrogens is 346 g/mol. The quantitative estimate of drug-likeness (QED) is 0.441. The second-order valence-corrected chi connectivity index (χ2v) is 7.35. The zero-order valence-electron chi connectivity index (χ0n) is 14.4. The van der Waals surface area contributed by atoms with Crippen LogP contribution in [0, 0.1) is 6.92 Å². The van der Waals surface area contributed by atoms with Gasteiger partial charge in [-0.2, -0.15) is 0 Å². The number of aromatic amines is 1. The van der Waals surface area contributed by atoms with Gasteiger partial charge >= 0.3 is 0 Å². The lowest BCUT2D eigenvalue weighted by atomic mass is 10.1. The highest BCUT2D eigenvalue weighted by Crippen LogP contribution is 2.24. The third kappa shape index (κ3) is 2.78. The van der Waals surface area contributed by atoms with Crippen LogP contribution in [0.5, 0.6) is 0 Å². The Morgan fingerprint density at radius 3 is 2.65 bits per heavy atom. The van der Waals surface area contributed by atoms with Gasteiger partial charge in [0.15, 0.2) is 0 Å². The molecule has 4 rings (SSSR count). The Morgan fingerprint density at radius 1 is 1.12 bits per heavy atom. The number of nitrogens with zero attached hydrogens (tertiary/aromatic N) is 2. The van der Waals surface area contributed by atoms with Crippen LogP contribution in [-0.4, -0.2) is 33.6 Å². The molecular formula is C20H17N3O2S. The average molecular weight is 363 g/mol. The van der Waals surface area contributed by atoms with Gasteiger partial charge in [0, 0.05) is 23.6 Å². The molecule has 26 heavy (non-hydrogen) atoms. The number of rotatable bonds is 4. The lowest BCUT2D eigenvalue weighted by Gasteiger charge is -2.14. The molecule has 6 heteroatoms. The van der Waals surface area contributed by atoms with Crippen LogP contribution in [0.4, 0.5) is 0 Å². The van der Waals surface area contributed by atoms with Crippen LogP contribution in [0.25, 0.3) is 21.1 Å². The molecule has 0 bridgehead atoms. The van der Waals surface area contributed by atoms with E-state index in [9.17, 15) is 9.59 Å². The molecule has 130 valence electrons. The van der Waals surface area contributed by atoms with Gasteiger partial charge in [-0.3, -0.25) is 9.59 Å². The maximum atomic E-state index is 12.8. The minimum absolute atomic E-state index is 0.311. The molecule has 0 aliphatic rings. The van der Waals surface area contributed by atoms with E-state index in [1.165, 1.54) is 16.2 Å². The number of hydrogen-bond donors (Lipinski definition) is 1. The van der Waals surface area contributed by atoms with Crippen LogP contribution in [0.15, 0.2) is 48.5 Å². The number of amides is 1. The van der Waals surface area contributed by atoms with E-state index in [2.05, 4.69) is 9.97 Å². The molecule has 0 saturated carbocycles. The molecule has 0 spiro atoms. The number of aryl methyl sites for hydroxylation is 1. The zero-order chi connectivity index (χ0) is 18.3. The van der Waals surface area contributed by atoms with E-state index in [0.29, 0.717) is 17.8 Å². The molecule has 4 aromatic rings. The van der Waals surface area contributed by atoms with E-state index in [4.69, 9.17) is 0 Å². The highest BCUT2D eigenvalue weighted by Gasteiger charge is 2.26. The fraction of sp³-hybridized carbons (Fsp3) is 0.150. The summed E-state index contributed by atoms with van der Waals surface area (Å²) in [4.78, 5) is 34.6. The van der Waals surface area contributed by atoms with Gasteiger partial charge in [-0.05, 0) is 25.1 Å². The van der Waals surface area contributed by atoms with E-state index in [-0.39, 0.29) is 0 Å². The Kier molecular flexibility index (Phi) is 4.05. The van der Waals surface area contributed by atoms with Crippen LogP contribution < -0.4 is 0 Å². The first-order valence-corrected chi connectivity index (χ1v) is 9.08. The number of carbonyl (C=O) groups excluding carboxylic acids is 2. The number of benzene rings is 2. The number of aromatic nitrogens is 2. The van der Waals surface area contributed by atoms with Gasteiger partial charge in [0.05, 0.1) is 22.3 Å². The summed E-state index contributed by atoms with van der Waals surface area (Å²) in [5.41, 5.74) is 2.92. The summed E-state index contributed by atoms with van der Waals surface area (Å²) in [6.45, 7) is 2.12. The second kappa shape index (κ2) is 6.38. The molecule has 0 radical (unpaired) electrons. The normalized spacial score (nSPS) is 11.2. The van der Waals surface area contributed by atoms with Crippen LogP contribution in [0.1, 0.15) is 21.1 Å². The van der Waals surface area contributed by atoms with E-state index < -0.39 is 11.7 Å². The Hall–Kier alpha value is -2.99. The van der Waals surface area contributed by atoms with Crippen LogP contribution in [0.2, 0.25) is 0 Å². The predicted octanol–water partition coefficient (Wildman–Crippen LogP) is 3.93. The SMILES string of the molecule is Cc1[nH]c2ccccc2c1C(=O)C(=O)N(C)Cc1nc2ccccc2s1. The van der Waals surface area contributed by atoms with Crippen molar-refractivity contribution in [3.05, 3.63) is 64.8 Å². The van der Waals surface area contributed by atoms with Crippen molar-refractivity contribution in [3.8, 4) is 0 Å². The lowest BCUT2D eigenvalue weighted by Crippen LogP contribution is -2.33. The maximum absolute atomic E-state index is 12.8. The van der Waals surface area contributed by atoms with Crippen molar-refractivity contribution in [2.24, 2.45) is 0 Å². The fourth-order valence-corrected chi connectivity index (χ4v) is 4.13. The van der Waals surface area contributed by atoms with Gasteiger partial charge in [0.1, 0.15) is 5.01 Å². The standard InChI is InChI=1S/C20H17N3O2S/c1-12-18(13-7-3-4-8-14(13)21-12)19(24)20(25)23(2)11-17-22-15-9-5-6-10-16(15)26-17/h3-10,21H,11H2,1-2H3. The first kappa shape index (κ1) is 16.5. The predicted molar refractivity (Wildman–Crippen MR) is 103 cm³/mol. The van der Waals surface area contributed by atoms with Gasteiger partial charge in [-0.15, -0.1) is 11.3 Å². The highest BCUT2D eigenvalue weighted by atomic mass is 32.1. The first-order valence-electron chi connectivity index (χ1n) is 8.26. The monoisotopic (exact) mass is 363 g/mol. The average Bonchev–Trinajstić information content (AvgIpc) is 3.19. The van der Waals surface area contributed by atoms with Gasteiger partial charge in [0.25, 0.3) is 11.7 Å². The number of H-pyrrole nitrogens is 1. The van der Waals surface area contributed by atoms with Crippen molar-refractivity contribution in [1.82, 2.24) is 14.9 Å². The number of para-hydroxylation sites is 2. The molecule has 1 amide bonds. The van der Waals surface area contributed by atoms with E-state index in [1.54, 1.807) is 7.05 Å². The van der Waals surface area contributed by atoms with Crippen LogP contribution >= 0.6 is 11.3 Å². The lowest BCUT2D eigenvalue weighted by molar-refractivity contribution is -0.125. The van der Waals surface area contributed by atoms with Crippen molar-refractivity contribution >= 4 is 44.1 Å². The number of nitrogens with one attached hydrogen (secondary N) is 1. The Balaban J connectivity index is 1.59. The summed E-state index contributed by atoms with van der Waals surface area (Å²) in [7, 11) is 1.64. The first-order chi connectivity index (χ1) is 12.5. The third-order valence-electron chi connectivity index (χ3n) is 4.37. The molecule has 0 saturated heterocycles. The number of Topliss-reactive ketones (excluding diaryl/α,β-unsaturated/α-hetero) is 1. The van der Waals surface area contributed by atoms with Gasteiger partial charge in [-0.1, -0.05) is 30.3 Å². The summed E-state index contributed by atoms with van der Waals surface area (Å²) >= 11 is 1.54. The molecule has 5 nitrogen and oxygen atoms in total. The molecule has 0 aliphatic carbocycles.